The number of carbonyl (C=O) groups is 1. The van der Waals surface area contributed by atoms with Gasteiger partial charge in [-0.05, 0) is 50.4 Å². The minimum absolute atomic E-state index is 0.158. The summed E-state index contributed by atoms with van der Waals surface area (Å²) in [5.41, 5.74) is -0.456. The number of amides is 1. The van der Waals surface area contributed by atoms with Crippen LogP contribution in [-0.4, -0.2) is 29.4 Å². The van der Waals surface area contributed by atoms with Crippen molar-refractivity contribution in [3.8, 4) is 0 Å². The molecule has 0 radical (unpaired) electrons. The average molecular weight is 423 g/mol. The van der Waals surface area contributed by atoms with Gasteiger partial charge in [-0.3, -0.25) is 9.69 Å². The molecule has 1 N–H and O–H groups in total. The minimum Gasteiger partial charge on any atom is -0.343 e. The minimum atomic E-state index is -4.62. The molecule has 0 aliphatic carbocycles. The topological polar surface area (TPSA) is 32.3 Å². The molecule has 1 unspecified atom stereocenters. The van der Waals surface area contributed by atoms with Gasteiger partial charge in [0.1, 0.15) is 0 Å². The third-order valence-electron chi connectivity index (χ3n) is 6.57. The lowest BCUT2D eigenvalue weighted by Gasteiger charge is -2.41. The summed E-state index contributed by atoms with van der Waals surface area (Å²) >= 11 is 5.99. The Morgan fingerprint density at radius 3 is 2.34 bits per heavy atom. The number of hydrogen-bond donors (Lipinski definition) is 1. The van der Waals surface area contributed by atoms with Gasteiger partial charge in [0.05, 0.1) is 22.2 Å². The normalized spacial score (nSPS) is 25.2. The Bertz CT molecular complexity index is 908. The number of fused-ring (bicyclic) bond motifs is 2. The zero-order chi connectivity index (χ0) is 20.8. The first-order valence-corrected chi connectivity index (χ1v) is 10.1. The van der Waals surface area contributed by atoms with Crippen LogP contribution in [0.25, 0.3) is 0 Å². The molecule has 2 saturated heterocycles. The molecule has 2 aliphatic heterocycles. The summed E-state index contributed by atoms with van der Waals surface area (Å²) in [4.78, 5) is 15.4. The van der Waals surface area contributed by atoms with E-state index in [1.165, 1.54) is 12.1 Å². The second-order valence-corrected chi connectivity index (χ2v) is 8.31. The van der Waals surface area contributed by atoms with Gasteiger partial charge in [0, 0.05) is 11.6 Å². The van der Waals surface area contributed by atoms with E-state index in [0.717, 1.165) is 37.3 Å². The molecule has 2 bridgehead atoms. The summed E-state index contributed by atoms with van der Waals surface area (Å²) in [5.74, 6) is -0.590. The highest BCUT2D eigenvalue weighted by atomic mass is 35.5. The molecule has 1 atom stereocenters. The SMILES string of the molecule is CN1C2CCC1(C(NC(=O)c1cccc(C(F)(F)F)c1Cl)c1ccccc1)CC2. The van der Waals surface area contributed by atoms with E-state index in [9.17, 15) is 18.0 Å². The number of halogens is 4. The predicted octanol–water partition coefficient (Wildman–Crippen LogP) is 5.46. The van der Waals surface area contributed by atoms with Crippen LogP contribution < -0.4 is 5.32 Å². The van der Waals surface area contributed by atoms with Crippen LogP contribution in [0.2, 0.25) is 5.02 Å². The molecule has 2 fully saturated rings. The van der Waals surface area contributed by atoms with Gasteiger partial charge in [0.15, 0.2) is 0 Å². The summed E-state index contributed by atoms with van der Waals surface area (Å²) in [6.07, 6.45) is -0.635. The number of hydrogen-bond acceptors (Lipinski definition) is 2. The molecule has 0 saturated carbocycles. The molecule has 0 spiro atoms. The maximum absolute atomic E-state index is 13.2. The number of nitrogens with zero attached hydrogens (tertiary/aromatic N) is 1. The monoisotopic (exact) mass is 422 g/mol. The van der Waals surface area contributed by atoms with Crippen molar-refractivity contribution in [2.75, 3.05) is 7.05 Å². The third kappa shape index (κ3) is 3.42. The summed E-state index contributed by atoms with van der Waals surface area (Å²) in [5, 5.41) is 2.46. The van der Waals surface area contributed by atoms with E-state index in [-0.39, 0.29) is 17.1 Å². The van der Waals surface area contributed by atoms with E-state index in [2.05, 4.69) is 17.3 Å². The second-order valence-electron chi connectivity index (χ2n) is 7.93. The fourth-order valence-corrected chi connectivity index (χ4v) is 5.33. The molecule has 29 heavy (non-hydrogen) atoms. The Balaban J connectivity index is 1.71. The van der Waals surface area contributed by atoms with Crippen LogP contribution in [0.15, 0.2) is 48.5 Å². The lowest BCUT2D eigenvalue weighted by atomic mass is 9.78. The number of rotatable bonds is 4. The molecule has 2 aliphatic rings. The molecule has 1 amide bonds. The largest absolute Gasteiger partial charge is 0.417 e. The Hall–Kier alpha value is -2.05. The van der Waals surface area contributed by atoms with Crippen LogP contribution in [0.5, 0.6) is 0 Å². The molecule has 2 aromatic rings. The van der Waals surface area contributed by atoms with Gasteiger partial charge in [-0.2, -0.15) is 13.2 Å². The first-order chi connectivity index (χ1) is 13.7. The van der Waals surface area contributed by atoms with E-state index in [1.807, 2.05) is 30.3 Å². The lowest BCUT2D eigenvalue weighted by molar-refractivity contribution is -0.137. The molecular formula is C22H22ClF3N2O. The van der Waals surface area contributed by atoms with Crippen molar-refractivity contribution in [3.63, 3.8) is 0 Å². The first kappa shape index (κ1) is 20.2. The van der Waals surface area contributed by atoms with Gasteiger partial charge in [-0.1, -0.05) is 48.0 Å². The number of carbonyl (C=O) groups excluding carboxylic acids is 1. The van der Waals surface area contributed by atoms with Crippen molar-refractivity contribution < 1.29 is 18.0 Å². The van der Waals surface area contributed by atoms with Crippen LogP contribution in [0, 0.1) is 0 Å². The van der Waals surface area contributed by atoms with Gasteiger partial charge in [0.25, 0.3) is 5.91 Å². The smallest absolute Gasteiger partial charge is 0.343 e. The summed E-state index contributed by atoms with van der Waals surface area (Å²) in [6, 6.07) is 13.2. The summed E-state index contributed by atoms with van der Waals surface area (Å²) in [7, 11) is 2.07. The fourth-order valence-electron chi connectivity index (χ4n) is 5.01. The number of alkyl halides is 3. The molecule has 2 aromatic carbocycles. The van der Waals surface area contributed by atoms with Crippen molar-refractivity contribution in [3.05, 3.63) is 70.2 Å². The van der Waals surface area contributed by atoms with E-state index in [4.69, 9.17) is 11.6 Å². The Labute approximate surface area is 172 Å². The number of likely N-dealkylation sites (N-methyl/N-ethyl adjacent to an activating group) is 1. The highest BCUT2D eigenvalue weighted by molar-refractivity contribution is 6.34. The van der Waals surface area contributed by atoms with Crippen molar-refractivity contribution in [2.45, 2.75) is 49.5 Å². The molecule has 2 heterocycles. The van der Waals surface area contributed by atoms with Gasteiger partial charge in [-0.25, -0.2) is 0 Å². The van der Waals surface area contributed by atoms with Crippen molar-refractivity contribution in [1.82, 2.24) is 10.2 Å². The first-order valence-electron chi connectivity index (χ1n) is 9.68. The summed E-state index contributed by atoms with van der Waals surface area (Å²) < 4.78 is 39.6. The summed E-state index contributed by atoms with van der Waals surface area (Å²) in [6.45, 7) is 0. The van der Waals surface area contributed by atoms with Gasteiger partial charge < -0.3 is 5.32 Å². The van der Waals surface area contributed by atoms with Gasteiger partial charge in [0.2, 0.25) is 0 Å². The number of benzene rings is 2. The maximum Gasteiger partial charge on any atom is 0.417 e. The lowest BCUT2D eigenvalue weighted by Crippen LogP contribution is -2.51. The van der Waals surface area contributed by atoms with E-state index >= 15 is 0 Å². The van der Waals surface area contributed by atoms with Crippen molar-refractivity contribution in [2.24, 2.45) is 0 Å². The zero-order valence-electron chi connectivity index (χ0n) is 16.0. The molecule has 0 aromatic heterocycles. The van der Waals surface area contributed by atoms with Crippen LogP contribution in [-0.2, 0) is 6.18 Å². The van der Waals surface area contributed by atoms with Crippen LogP contribution in [0.4, 0.5) is 13.2 Å². The van der Waals surface area contributed by atoms with E-state index in [0.29, 0.717) is 6.04 Å². The molecule has 154 valence electrons. The quantitative estimate of drug-likeness (QED) is 0.709. The van der Waals surface area contributed by atoms with E-state index in [1.54, 1.807) is 0 Å². The Morgan fingerprint density at radius 2 is 1.79 bits per heavy atom. The van der Waals surface area contributed by atoms with Crippen LogP contribution in [0.1, 0.15) is 53.2 Å². The van der Waals surface area contributed by atoms with Gasteiger partial charge >= 0.3 is 6.18 Å². The maximum atomic E-state index is 13.2. The Kier molecular flexibility index (Phi) is 5.11. The van der Waals surface area contributed by atoms with Crippen molar-refractivity contribution in [1.29, 1.82) is 0 Å². The standard InChI is InChI=1S/C22H22ClF3N2O/c1-28-15-10-12-21(28,13-11-15)19(14-6-3-2-4-7-14)27-20(29)16-8-5-9-17(18(16)23)22(24,25)26/h2-9,15,19H,10-13H2,1H3,(H,27,29). The zero-order valence-corrected chi connectivity index (χ0v) is 16.7. The molecule has 7 heteroatoms. The second kappa shape index (κ2) is 7.33. The average Bonchev–Trinajstić information content (AvgIpc) is 3.18. The van der Waals surface area contributed by atoms with Gasteiger partial charge in [-0.15, -0.1) is 0 Å². The van der Waals surface area contributed by atoms with Crippen LogP contribution in [0.3, 0.4) is 0 Å². The molecule has 3 nitrogen and oxygen atoms in total. The van der Waals surface area contributed by atoms with Crippen molar-refractivity contribution >= 4 is 17.5 Å². The predicted molar refractivity (Wildman–Crippen MR) is 106 cm³/mol. The molecular weight excluding hydrogens is 401 g/mol. The fraction of sp³-hybridized carbons (Fsp3) is 0.409. The Morgan fingerprint density at radius 1 is 1.14 bits per heavy atom. The number of nitrogens with one attached hydrogen (secondary N) is 1. The highest BCUT2D eigenvalue weighted by Gasteiger charge is 2.54. The highest BCUT2D eigenvalue weighted by Crippen LogP contribution is 2.51. The van der Waals surface area contributed by atoms with Crippen LogP contribution >= 0.6 is 11.6 Å². The third-order valence-corrected chi connectivity index (χ3v) is 6.97. The molecule has 4 rings (SSSR count). The van der Waals surface area contributed by atoms with E-state index < -0.39 is 22.7 Å².